The van der Waals surface area contributed by atoms with Gasteiger partial charge in [0.2, 0.25) is 0 Å². The summed E-state index contributed by atoms with van der Waals surface area (Å²) in [5, 5.41) is 12.5. The maximum Gasteiger partial charge on any atom is 0.335 e. The Morgan fingerprint density at radius 2 is 2.05 bits per heavy atom. The van der Waals surface area contributed by atoms with Crippen LogP contribution in [0.2, 0.25) is 0 Å². The van der Waals surface area contributed by atoms with Crippen molar-refractivity contribution in [3.05, 3.63) is 35.4 Å². The fraction of sp³-hybridized carbons (Fsp3) is 0.562. The van der Waals surface area contributed by atoms with Gasteiger partial charge < -0.3 is 15.3 Å². The van der Waals surface area contributed by atoms with E-state index in [-0.39, 0.29) is 5.54 Å². The van der Waals surface area contributed by atoms with Crippen LogP contribution in [0.3, 0.4) is 0 Å². The summed E-state index contributed by atoms with van der Waals surface area (Å²) in [6.45, 7) is 1.67. The summed E-state index contributed by atoms with van der Waals surface area (Å²) in [4.78, 5) is 13.3. The largest absolute Gasteiger partial charge is 0.478 e. The molecule has 0 amide bonds. The highest BCUT2D eigenvalue weighted by Gasteiger charge is 2.35. The fourth-order valence-electron chi connectivity index (χ4n) is 3.07. The fourth-order valence-corrected chi connectivity index (χ4v) is 3.07. The van der Waals surface area contributed by atoms with Gasteiger partial charge in [0.15, 0.2) is 0 Å². The number of carbonyl (C=O) groups is 1. The first-order valence-electron chi connectivity index (χ1n) is 7.24. The molecule has 0 unspecified atom stereocenters. The van der Waals surface area contributed by atoms with Crippen molar-refractivity contribution in [1.82, 2.24) is 10.2 Å². The number of nitrogens with zero attached hydrogens (tertiary/aromatic N) is 1. The van der Waals surface area contributed by atoms with Gasteiger partial charge in [0.1, 0.15) is 0 Å². The van der Waals surface area contributed by atoms with Crippen molar-refractivity contribution in [2.24, 2.45) is 0 Å². The summed E-state index contributed by atoms with van der Waals surface area (Å²) < 4.78 is 0. The second kappa shape index (κ2) is 6.37. The molecule has 1 aliphatic carbocycles. The smallest absolute Gasteiger partial charge is 0.335 e. The summed E-state index contributed by atoms with van der Waals surface area (Å²) >= 11 is 0. The molecule has 0 atom stereocenters. The third-order valence-electron chi connectivity index (χ3n) is 4.44. The molecule has 0 bridgehead atoms. The molecule has 1 fully saturated rings. The van der Waals surface area contributed by atoms with E-state index in [1.54, 1.807) is 18.2 Å². The van der Waals surface area contributed by atoms with Crippen LogP contribution in [0.1, 0.15) is 41.6 Å². The number of aromatic carboxylic acids is 1. The first-order chi connectivity index (χ1) is 9.53. The minimum Gasteiger partial charge on any atom is -0.478 e. The number of hydrogen-bond acceptors (Lipinski definition) is 3. The van der Waals surface area contributed by atoms with Crippen LogP contribution >= 0.6 is 0 Å². The van der Waals surface area contributed by atoms with Crippen LogP contribution < -0.4 is 5.32 Å². The molecule has 1 saturated carbocycles. The zero-order chi connectivity index (χ0) is 14.6. The quantitative estimate of drug-likeness (QED) is 0.837. The summed E-state index contributed by atoms with van der Waals surface area (Å²) in [7, 11) is 4.30. The molecule has 4 heteroatoms. The molecule has 0 aliphatic heterocycles. The Kier molecular flexibility index (Phi) is 4.78. The van der Waals surface area contributed by atoms with Crippen molar-refractivity contribution in [1.29, 1.82) is 0 Å². The van der Waals surface area contributed by atoms with Gasteiger partial charge in [-0.2, -0.15) is 0 Å². The van der Waals surface area contributed by atoms with Crippen LogP contribution in [0, 0.1) is 0 Å². The van der Waals surface area contributed by atoms with E-state index >= 15 is 0 Å². The zero-order valence-electron chi connectivity index (χ0n) is 12.4. The molecule has 1 aromatic rings. The standard InChI is InChI=1S/C16H24N2O2/c1-18(2)16(8-3-4-9-16)12-17-11-13-6-5-7-14(10-13)15(19)20/h5-7,10,17H,3-4,8-9,11-12H2,1-2H3,(H,19,20). The molecule has 0 saturated heterocycles. The Hall–Kier alpha value is -1.39. The van der Waals surface area contributed by atoms with Crippen molar-refractivity contribution in [3.8, 4) is 0 Å². The minimum absolute atomic E-state index is 0.268. The minimum atomic E-state index is -0.868. The number of carboxylic acids is 1. The average Bonchev–Trinajstić information content (AvgIpc) is 2.89. The Labute approximate surface area is 120 Å². The van der Waals surface area contributed by atoms with E-state index in [0.29, 0.717) is 5.56 Å². The van der Waals surface area contributed by atoms with Crippen LogP contribution in [-0.4, -0.2) is 42.2 Å². The highest BCUT2D eigenvalue weighted by Crippen LogP contribution is 2.33. The van der Waals surface area contributed by atoms with Gasteiger partial charge in [-0.25, -0.2) is 4.79 Å². The maximum atomic E-state index is 10.9. The third-order valence-corrected chi connectivity index (χ3v) is 4.44. The van der Waals surface area contributed by atoms with Gasteiger partial charge in [0.05, 0.1) is 5.56 Å². The molecular formula is C16H24N2O2. The van der Waals surface area contributed by atoms with E-state index in [2.05, 4.69) is 24.3 Å². The summed E-state index contributed by atoms with van der Waals surface area (Å²) in [5.74, 6) is -0.868. The third kappa shape index (κ3) is 3.38. The van der Waals surface area contributed by atoms with Crippen molar-refractivity contribution >= 4 is 5.97 Å². The molecule has 4 nitrogen and oxygen atoms in total. The highest BCUT2D eigenvalue weighted by atomic mass is 16.4. The molecule has 2 N–H and O–H groups in total. The van der Waals surface area contributed by atoms with Crippen molar-refractivity contribution < 1.29 is 9.90 Å². The monoisotopic (exact) mass is 276 g/mol. The van der Waals surface area contributed by atoms with E-state index in [4.69, 9.17) is 5.11 Å². The molecule has 0 radical (unpaired) electrons. The topological polar surface area (TPSA) is 52.6 Å². The molecule has 1 aliphatic rings. The Balaban J connectivity index is 1.92. The van der Waals surface area contributed by atoms with Gasteiger partial charge in [-0.15, -0.1) is 0 Å². The summed E-state index contributed by atoms with van der Waals surface area (Å²) in [6, 6.07) is 7.14. The Morgan fingerprint density at radius 3 is 2.65 bits per heavy atom. The zero-order valence-corrected chi connectivity index (χ0v) is 12.4. The van der Waals surface area contributed by atoms with Gasteiger partial charge in [-0.3, -0.25) is 0 Å². The van der Waals surface area contributed by atoms with E-state index in [0.717, 1.165) is 18.7 Å². The van der Waals surface area contributed by atoms with E-state index in [1.807, 2.05) is 6.07 Å². The lowest BCUT2D eigenvalue weighted by atomic mass is 9.96. The average molecular weight is 276 g/mol. The molecule has 2 rings (SSSR count). The lowest BCUT2D eigenvalue weighted by Gasteiger charge is -2.36. The van der Waals surface area contributed by atoms with Gasteiger partial charge >= 0.3 is 5.97 Å². The predicted molar refractivity (Wildman–Crippen MR) is 80.0 cm³/mol. The molecule has 1 aromatic carbocycles. The predicted octanol–water partition coefficient (Wildman–Crippen LogP) is 2.35. The van der Waals surface area contributed by atoms with Gasteiger partial charge in [0.25, 0.3) is 0 Å². The normalized spacial score (nSPS) is 17.6. The summed E-state index contributed by atoms with van der Waals surface area (Å²) in [6.07, 6.45) is 5.08. The molecule has 0 spiro atoms. The van der Waals surface area contributed by atoms with Crippen LogP contribution in [-0.2, 0) is 6.54 Å². The number of rotatable bonds is 6. The van der Waals surface area contributed by atoms with E-state index in [9.17, 15) is 4.79 Å². The van der Waals surface area contributed by atoms with Gasteiger partial charge in [0, 0.05) is 18.6 Å². The van der Waals surface area contributed by atoms with Crippen molar-refractivity contribution in [2.45, 2.75) is 37.8 Å². The molecule has 110 valence electrons. The highest BCUT2D eigenvalue weighted by molar-refractivity contribution is 5.87. The van der Waals surface area contributed by atoms with Crippen LogP contribution in [0.25, 0.3) is 0 Å². The number of benzene rings is 1. The van der Waals surface area contributed by atoms with Crippen LogP contribution in [0.5, 0.6) is 0 Å². The second-order valence-electron chi connectivity index (χ2n) is 5.93. The first kappa shape index (κ1) is 15.0. The SMILES string of the molecule is CN(C)C1(CNCc2cccc(C(=O)O)c2)CCCC1. The second-order valence-corrected chi connectivity index (χ2v) is 5.93. The number of carboxylic acid groups (broad SMARTS) is 1. The maximum absolute atomic E-state index is 10.9. The number of hydrogen-bond donors (Lipinski definition) is 2. The first-order valence-corrected chi connectivity index (χ1v) is 7.24. The summed E-state index contributed by atoms with van der Waals surface area (Å²) in [5.41, 5.74) is 1.65. The van der Waals surface area contributed by atoms with Crippen LogP contribution in [0.4, 0.5) is 0 Å². The lowest BCUT2D eigenvalue weighted by Crippen LogP contribution is -2.49. The van der Waals surface area contributed by atoms with Crippen molar-refractivity contribution in [3.63, 3.8) is 0 Å². The lowest BCUT2D eigenvalue weighted by molar-refractivity contribution is 0.0696. The van der Waals surface area contributed by atoms with Gasteiger partial charge in [-0.05, 0) is 44.6 Å². The Morgan fingerprint density at radius 1 is 1.35 bits per heavy atom. The molecular weight excluding hydrogens is 252 g/mol. The number of nitrogens with one attached hydrogen (secondary N) is 1. The van der Waals surface area contributed by atoms with Crippen molar-refractivity contribution in [2.75, 3.05) is 20.6 Å². The Bertz CT molecular complexity index is 465. The van der Waals surface area contributed by atoms with Gasteiger partial charge in [-0.1, -0.05) is 25.0 Å². The van der Waals surface area contributed by atoms with Crippen LogP contribution in [0.15, 0.2) is 24.3 Å². The van der Waals surface area contributed by atoms with E-state index in [1.165, 1.54) is 25.7 Å². The molecule has 20 heavy (non-hydrogen) atoms. The molecule has 0 aromatic heterocycles. The molecule has 0 heterocycles. The number of likely N-dealkylation sites (N-methyl/N-ethyl adjacent to an activating group) is 1. The van der Waals surface area contributed by atoms with E-state index < -0.39 is 5.97 Å².